The minimum atomic E-state index is -3.76. The summed E-state index contributed by atoms with van der Waals surface area (Å²) < 4.78 is 39.8. The van der Waals surface area contributed by atoms with Crippen LogP contribution in [0, 0.1) is 29.5 Å². The van der Waals surface area contributed by atoms with Crippen molar-refractivity contribution in [2.45, 2.75) is 30.6 Å². The minimum Gasteiger partial charge on any atom is -0.550 e. The van der Waals surface area contributed by atoms with Crippen molar-refractivity contribution in [1.82, 2.24) is 9.21 Å². The first-order valence-corrected chi connectivity index (χ1v) is 11.5. The Kier molecular flexibility index (Phi) is 5.37. The van der Waals surface area contributed by atoms with Crippen molar-refractivity contribution in [2.75, 3.05) is 26.2 Å². The summed E-state index contributed by atoms with van der Waals surface area (Å²) in [6.07, 6.45) is 3.39. The Morgan fingerprint density at radius 2 is 1.41 bits per heavy atom. The third kappa shape index (κ3) is 3.66. The number of fused-ring (bicyclic) bond motifs is 3. The number of sulfonamides is 1. The molecule has 1 saturated heterocycles. The zero-order valence-electron chi connectivity index (χ0n) is 16.0. The van der Waals surface area contributed by atoms with E-state index in [1.54, 1.807) is 4.90 Å². The molecular formula is C20H24FN2O5S-. The van der Waals surface area contributed by atoms with Crippen LogP contribution in [0.3, 0.4) is 0 Å². The van der Waals surface area contributed by atoms with Gasteiger partial charge in [0.1, 0.15) is 5.82 Å². The molecule has 0 N–H and O–H groups in total. The second-order valence-electron chi connectivity index (χ2n) is 8.23. The Morgan fingerprint density at radius 3 is 1.93 bits per heavy atom. The van der Waals surface area contributed by atoms with Gasteiger partial charge in [0.25, 0.3) is 0 Å². The van der Waals surface area contributed by atoms with Gasteiger partial charge < -0.3 is 14.8 Å². The van der Waals surface area contributed by atoms with Crippen LogP contribution in [0.2, 0.25) is 0 Å². The maximum absolute atomic E-state index is 13.1. The molecule has 5 rings (SSSR count). The molecule has 1 amide bonds. The zero-order valence-corrected chi connectivity index (χ0v) is 16.8. The van der Waals surface area contributed by atoms with Crippen LogP contribution in [0.25, 0.3) is 0 Å². The predicted molar refractivity (Wildman–Crippen MR) is 99.2 cm³/mol. The summed E-state index contributed by atoms with van der Waals surface area (Å²) in [5.74, 6) is -3.08. The molecule has 1 aromatic rings. The number of halogens is 1. The maximum Gasteiger partial charge on any atom is 0.243 e. The average Bonchev–Trinajstić information content (AvgIpc) is 2.73. The van der Waals surface area contributed by atoms with Crippen LogP contribution >= 0.6 is 0 Å². The Morgan fingerprint density at radius 1 is 0.897 bits per heavy atom. The van der Waals surface area contributed by atoms with Crippen LogP contribution < -0.4 is 5.11 Å². The molecule has 0 radical (unpaired) electrons. The first-order chi connectivity index (χ1) is 13.8. The number of benzene rings is 1. The standard InChI is InChI=1S/C20H25FN2O5S/c21-15-5-7-16(8-6-15)29(27,28)23-11-9-22(10-12-23)19(24)17-13-1-3-14(4-2-13)18(17)20(25)26/h5-8,13-14,17-18H,1-4,9-12H2,(H,25,26)/p-1/t13?,14?,17-,18-/m1/s1. The minimum absolute atomic E-state index is 0.000840. The molecule has 1 aromatic carbocycles. The third-order valence-corrected chi connectivity index (χ3v) is 8.69. The van der Waals surface area contributed by atoms with E-state index in [4.69, 9.17) is 0 Å². The lowest BCUT2D eigenvalue weighted by molar-refractivity contribution is -0.318. The van der Waals surface area contributed by atoms with Crippen LogP contribution in [0.15, 0.2) is 29.2 Å². The lowest BCUT2D eigenvalue weighted by Crippen LogP contribution is -2.58. The highest BCUT2D eigenvalue weighted by Crippen LogP contribution is 2.49. The monoisotopic (exact) mass is 423 g/mol. The van der Waals surface area contributed by atoms with E-state index >= 15 is 0 Å². The van der Waals surface area contributed by atoms with E-state index in [9.17, 15) is 27.5 Å². The lowest BCUT2D eigenvalue weighted by Gasteiger charge is -2.50. The molecule has 158 valence electrons. The number of carboxylic acids is 1. The third-order valence-electron chi connectivity index (χ3n) is 6.78. The number of amides is 1. The number of rotatable bonds is 4. The molecule has 29 heavy (non-hydrogen) atoms. The van der Waals surface area contributed by atoms with Crippen molar-refractivity contribution >= 4 is 21.9 Å². The SMILES string of the molecule is O=C([O-])[C@@H]1C2CCC(CC2)[C@H]1C(=O)N1CCN(S(=O)(=O)c2ccc(F)cc2)CC1. The summed E-state index contributed by atoms with van der Waals surface area (Å²) in [5, 5.41) is 11.7. The Labute approximate surface area is 169 Å². The fourth-order valence-electron chi connectivity index (χ4n) is 5.26. The Hall–Kier alpha value is -2.00. The van der Waals surface area contributed by atoms with Gasteiger partial charge in [0, 0.05) is 44.0 Å². The van der Waals surface area contributed by atoms with Gasteiger partial charge in [-0.2, -0.15) is 4.31 Å². The predicted octanol–water partition coefficient (Wildman–Crippen LogP) is 0.461. The second-order valence-corrected chi connectivity index (χ2v) is 10.2. The molecule has 0 aromatic heterocycles. The van der Waals surface area contributed by atoms with Crippen molar-refractivity contribution in [3.63, 3.8) is 0 Å². The number of piperazine rings is 1. The van der Waals surface area contributed by atoms with Gasteiger partial charge >= 0.3 is 0 Å². The number of carbonyl (C=O) groups excluding carboxylic acids is 2. The molecule has 3 aliphatic carbocycles. The number of hydrogen-bond acceptors (Lipinski definition) is 5. The van der Waals surface area contributed by atoms with Gasteiger partial charge in [0.2, 0.25) is 15.9 Å². The summed E-state index contributed by atoms with van der Waals surface area (Å²) in [6, 6.07) is 4.66. The summed E-state index contributed by atoms with van der Waals surface area (Å²) >= 11 is 0. The normalized spacial score (nSPS) is 30.3. The fraction of sp³-hybridized carbons (Fsp3) is 0.600. The lowest BCUT2D eigenvalue weighted by atomic mass is 9.58. The van der Waals surface area contributed by atoms with Crippen LogP contribution in [0.1, 0.15) is 25.7 Å². The summed E-state index contributed by atoms with van der Waals surface area (Å²) in [4.78, 5) is 26.5. The number of carboxylic acid groups (broad SMARTS) is 1. The summed E-state index contributed by atoms with van der Waals surface area (Å²) in [5.41, 5.74) is 0. The van der Waals surface area contributed by atoms with Crippen molar-refractivity contribution in [3.05, 3.63) is 30.1 Å². The van der Waals surface area contributed by atoms with Crippen molar-refractivity contribution in [3.8, 4) is 0 Å². The van der Waals surface area contributed by atoms with Gasteiger partial charge in [-0.1, -0.05) is 0 Å². The number of aliphatic carboxylic acids is 1. The molecule has 0 unspecified atom stereocenters. The van der Waals surface area contributed by atoms with Crippen LogP contribution in [0.4, 0.5) is 4.39 Å². The molecule has 1 heterocycles. The van der Waals surface area contributed by atoms with E-state index in [1.807, 2.05) is 0 Å². The molecule has 9 heteroatoms. The largest absolute Gasteiger partial charge is 0.550 e. The molecular weight excluding hydrogens is 399 g/mol. The molecule has 3 saturated carbocycles. The Bertz CT molecular complexity index is 888. The van der Waals surface area contributed by atoms with E-state index in [2.05, 4.69) is 0 Å². The molecule has 2 bridgehead atoms. The zero-order chi connectivity index (χ0) is 20.8. The Balaban J connectivity index is 1.45. The summed E-state index contributed by atoms with van der Waals surface area (Å²) in [7, 11) is -3.76. The first kappa shape index (κ1) is 20.3. The summed E-state index contributed by atoms with van der Waals surface area (Å²) in [6.45, 7) is 0.685. The van der Waals surface area contributed by atoms with E-state index in [1.165, 1.54) is 16.4 Å². The average molecular weight is 423 g/mol. The molecule has 4 fully saturated rings. The highest BCUT2D eigenvalue weighted by atomic mass is 32.2. The first-order valence-electron chi connectivity index (χ1n) is 10.0. The molecule has 0 spiro atoms. The van der Waals surface area contributed by atoms with E-state index in [0.29, 0.717) is 0 Å². The number of carbonyl (C=O) groups is 2. The molecule has 1 aliphatic heterocycles. The van der Waals surface area contributed by atoms with Gasteiger partial charge in [-0.15, -0.1) is 0 Å². The molecule has 4 aliphatic rings. The fourth-order valence-corrected chi connectivity index (χ4v) is 6.68. The topological polar surface area (TPSA) is 97.8 Å². The number of nitrogens with zero attached hydrogens (tertiary/aromatic N) is 2. The van der Waals surface area contributed by atoms with Crippen molar-refractivity contribution in [2.24, 2.45) is 23.7 Å². The van der Waals surface area contributed by atoms with Crippen LogP contribution in [-0.4, -0.2) is 55.7 Å². The van der Waals surface area contributed by atoms with Crippen molar-refractivity contribution < 1.29 is 27.5 Å². The van der Waals surface area contributed by atoms with Crippen LogP contribution in [0.5, 0.6) is 0 Å². The van der Waals surface area contributed by atoms with Gasteiger partial charge in [-0.25, -0.2) is 12.8 Å². The van der Waals surface area contributed by atoms with E-state index < -0.39 is 33.6 Å². The van der Waals surface area contributed by atoms with Gasteiger partial charge in [0.05, 0.1) is 4.90 Å². The van der Waals surface area contributed by atoms with Gasteiger partial charge in [-0.05, 0) is 61.8 Å². The van der Waals surface area contributed by atoms with E-state index in [-0.39, 0.29) is 48.8 Å². The molecule has 2 atom stereocenters. The van der Waals surface area contributed by atoms with Gasteiger partial charge in [0.15, 0.2) is 0 Å². The highest BCUT2D eigenvalue weighted by molar-refractivity contribution is 7.89. The second kappa shape index (κ2) is 7.68. The van der Waals surface area contributed by atoms with Crippen LogP contribution in [-0.2, 0) is 19.6 Å². The maximum atomic E-state index is 13.1. The van der Waals surface area contributed by atoms with E-state index in [0.717, 1.165) is 37.8 Å². The van der Waals surface area contributed by atoms with Gasteiger partial charge in [-0.3, -0.25) is 4.79 Å². The highest BCUT2D eigenvalue weighted by Gasteiger charge is 2.49. The smallest absolute Gasteiger partial charge is 0.243 e. The molecule has 7 nitrogen and oxygen atoms in total. The number of hydrogen-bond donors (Lipinski definition) is 0. The quantitative estimate of drug-likeness (QED) is 0.701. The van der Waals surface area contributed by atoms with Crippen molar-refractivity contribution in [1.29, 1.82) is 0 Å².